The van der Waals surface area contributed by atoms with E-state index < -0.39 is 6.10 Å². The summed E-state index contributed by atoms with van der Waals surface area (Å²) >= 11 is 0. The zero-order chi connectivity index (χ0) is 17.3. The molecule has 3 rings (SSSR count). The Kier molecular flexibility index (Phi) is 4.44. The molecule has 1 atom stereocenters. The van der Waals surface area contributed by atoms with Crippen molar-refractivity contribution in [1.29, 1.82) is 0 Å². The molecule has 2 aromatic carbocycles. The van der Waals surface area contributed by atoms with E-state index >= 15 is 0 Å². The number of amides is 1. The number of ether oxygens (including phenoxy) is 2. The number of para-hydroxylation sites is 1. The van der Waals surface area contributed by atoms with Crippen LogP contribution < -0.4 is 14.4 Å². The van der Waals surface area contributed by atoms with Crippen LogP contribution in [0.15, 0.2) is 36.4 Å². The molecule has 0 fully saturated rings. The number of carbonyl (C=O) groups is 1. The second-order valence-corrected chi connectivity index (χ2v) is 5.84. The lowest BCUT2D eigenvalue weighted by molar-refractivity contribution is 0.0970. The Morgan fingerprint density at radius 1 is 1.17 bits per heavy atom. The molecule has 0 saturated heterocycles. The number of anilines is 1. The summed E-state index contributed by atoms with van der Waals surface area (Å²) in [4.78, 5) is 14.8. The maximum absolute atomic E-state index is 13.0. The zero-order valence-corrected chi connectivity index (χ0v) is 14.1. The van der Waals surface area contributed by atoms with Crippen LogP contribution in [-0.2, 0) is 0 Å². The number of rotatable bonds is 3. The number of carbonyl (C=O) groups excluding carboxylic acids is 1. The number of aryl methyl sites for hydroxylation is 1. The van der Waals surface area contributed by atoms with Gasteiger partial charge in [0.05, 0.1) is 26.0 Å². The maximum Gasteiger partial charge on any atom is 0.258 e. The summed E-state index contributed by atoms with van der Waals surface area (Å²) < 4.78 is 10.5. The molecule has 5 heteroatoms. The fraction of sp³-hybridized carbons (Fsp3) is 0.316. The van der Waals surface area contributed by atoms with Crippen LogP contribution in [-0.4, -0.2) is 31.8 Å². The highest BCUT2D eigenvalue weighted by molar-refractivity contribution is 6.07. The van der Waals surface area contributed by atoms with E-state index in [2.05, 4.69) is 0 Å². The summed E-state index contributed by atoms with van der Waals surface area (Å²) in [5.74, 6) is 0.989. The van der Waals surface area contributed by atoms with Crippen LogP contribution in [0.1, 0.15) is 34.0 Å². The average Bonchev–Trinajstić information content (AvgIpc) is 2.61. The van der Waals surface area contributed by atoms with Crippen LogP contribution >= 0.6 is 0 Å². The van der Waals surface area contributed by atoms with E-state index in [-0.39, 0.29) is 5.91 Å². The Bertz CT molecular complexity index is 772. The molecule has 5 nitrogen and oxygen atoms in total. The monoisotopic (exact) mass is 327 g/mol. The van der Waals surface area contributed by atoms with Crippen molar-refractivity contribution in [2.24, 2.45) is 0 Å². The molecule has 1 aliphatic rings. The number of methoxy groups -OCH3 is 2. The largest absolute Gasteiger partial charge is 0.493 e. The van der Waals surface area contributed by atoms with Gasteiger partial charge in [-0.05, 0) is 37.1 Å². The third-order valence-corrected chi connectivity index (χ3v) is 4.40. The van der Waals surface area contributed by atoms with Crippen molar-refractivity contribution in [1.82, 2.24) is 0 Å². The first kappa shape index (κ1) is 16.3. The van der Waals surface area contributed by atoms with Gasteiger partial charge in [0.1, 0.15) is 0 Å². The second kappa shape index (κ2) is 6.53. The number of hydrogen-bond acceptors (Lipinski definition) is 4. The van der Waals surface area contributed by atoms with Crippen molar-refractivity contribution in [2.45, 2.75) is 19.4 Å². The Morgan fingerprint density at radius 2 is 1.92 bits per heavy atom. The standard InChI is InChI=1S/C19H21NO4/c1-12-5-4-6-14-15(21)9-10-20(18(12)14)19(22)13-7-8-16(23-2)17(11-13)24-3/h4-8,11,15,21H,9-10H2,1-3H3. The lowest BCUT2D eigenvalue weighted by Crippen LogP contribution is -2.37. The molecule has 1 unspecified atom stereocenters. The average molecular weight is 327 g/mol. The zero-order valence-electron chi connectivity index (χ0n) is 14.1. The lowest BCUT2D eigenvalue weighted by Gasteiger charge is -2.33. The SMILES string of the molecule is COc1ccc(C(=O)N2CCC(O)c3cccc(C)c32)cc1OC. The number of fused-ring (bicyclic) bond motifs is 1. The molecule has 1 heterocycles. The van der Waals surface area contributed by atoms with Crippen molar-refractivity contribution < 1.29 is 19.4 Å². The normalized spacial score (nSPS) is 16.5. The molecule has 0 spiro atoms. The molecular formula is C19H21NO4. The van der Waals surface area contributed by atoms with Crippen molar-refractivity contribution in [3.63, 3.8) is 0 Å². The van der Waals surface area contributed by atoms with Crippen molar-refractivity contribution >= 4 is 11.6 Å². The number of aliphatic hydroxyl groups is 1. The molecular weight excluding hydrogens is 306 g/mol. The summed E-state index contributed by atoms with van der Waals surface area (Å²) in [7, 11) is 3.10. The Hall–Kier alpha value is -2.53. The number of aliphatic hydroxyl groups excluding tert-OH is 1. The summed E-state index contributed by atoms with van der Waals surface area (Å²) in [6, 6.07) is 10.9. The van der Waals surface area contributed by atoms with Crippen LogP contribution in [0.4, 0.5) is 5.69 Å². The van der Waals surface area contributed by atoms with Gasteiger partial charge in [0.2, 0.25) is 0 Å². The van der Waals surface area contributed by atoms with Gasteiger partial charge >= 0.3 is 0 Å². The third kappa shape index (κ3) is 2.71. The second-order valence-electron chi connectivity index (χ2n) is 5.84. The summed E-state index contributed by atoms with van der Waals surface area (Å²) in [5.41, 5.74) is 3.10. The maximum atomic E-state index is 13.0. The molecule has 1 aliphatic heterocycles. The molecule has 0 radical (unpaired) electrons. The van der Waals surface area contributed by atoms with Gasteiger partial charge in [-0.2, -0.15) is 0 Å². The highest BCUT2D eigenvalue weighted by Gasteiger charge is 2.29. The Labute approximate surface area is 141 Å². The quantitative estimate of drug-likeness (QED) is 0.941. The van der Waals surface area contributed by atoms with E-state index in [4.69, 9.17) is 9.47 Å². The molecule has 1 amide bonds. The van der Waals surface area contributed by atoms with Crippen LogP contribution in [0.25, 0.3) is 0 Å². The highest BCUT2D eigenvalue weighted by atomic mass is 16.5. The predicted molar refractivity (Wildman–Crippen MR) is 92.0 cm³/mol. The van der Waals surface area contributed by atoms with Crippen LogP contribution in [0.3, 0.4) is 0 Å². The van der Waals surface area contributed by atoms with E-state index in [1.807, 2.05) is 25.1 Å². The third-order valence-electron chi connectivity index (χ3n) is 4.40. The molecule has 0 aromatic heterocycles. The van der Waals surface area contributed by atoms with Crippen LogP contribution in [0.5, 0.6) is 11.5 Å². The Balaban J connectivity index is 2.02. The summed E-state index contributed by atoms with van der Waals surface area (Å²) in [6.45, 7) is 2.43. The van der Waals surface area contributed by atoms with Crippen LogP contribution in [0, 0.1) is 6.92 Å². The van der Waals surface area contributed by atoms with E-state index in [1.165, 1.54) is 0 Å². The summed E-state index contributed by atoms with van der Waals surface area (Å²) in [6.07, 6.45) is -0.00971. The fourth-order valence-corrected chi connectivity index (χ4v) is 3.17. The van der Waals surface area contributed by atoms with Crippen molar-refractivity contribution in [2.75, 3.05) is 25.7 Å². The smallest absolute Gasteiger partial charge is 0.258 e. The van der Waals surface area contributed by atoms with Gasteiger partial charge in [0.25, 0.3) is 5.91 Å². The fourth-order valence-electron chi connectivity index (χ4n) is 3.17. The van der Waals surface area contributed by atoms with Gasteiger partial charge in [-0.25, -0.2) is 0 Å². The van der Waals surface area contributed by atoms with Crippen LogP contribution in [0.2, 0.25) is 0 Å². The van der Waals surface area contributed by atoms with Gasteiger partial charge in [0.15, 0.2) is 11.5 Å². The van der Waals surface area contributed by atoms with Gasteiger partial charge < -0.3 is 19.5 Å². The minimum atomic E-state index is -0.533. The highest BCUT2D eigenvalue weighted by Crippen LogP contribution is 2.37. The Morgan fingerprint density at radius 3 is 2.62 bits per heavy atom. The molecule has 126 valence electrons. The number of benzene rings is 2. The van der Waals surface area contributed by atoms with Gasteiger partial charge in [0, 0.05) is 17.7 Å². The van der Waals surface area contributed by atoms with Crippen molar-refractivity contribution in [3.05, 3.63) is 53.1 Å². The minimum Gasteiger partial charge on any atom is -0.493 e. The lowest BCUT2D eigenvalue weighted by atomic mass is 9.95. The van der Waals surface area contributed by atoms with Crippen molar-refractivity contribution in [3.8, 4) is 11.5 Å². The number of hydrogen-bond donors (Lipinski definition) is 1. The van der Waals surface area contributed by atoms with Gasteiger partial charge in [-0.1, -0.05) is 18.2 Å². The van der Waals surface area contributed by atoms with E-state index in [1.54, 1.807) is 37.3 Å². The van der Waals surface area contributed by atoms with E-state index in [9.17, 15) is 9.90 Å². The summed E-state index contributed by atoms with van der Waals surface area (Å²) in [5, 5.41) is 10.2. The first-order chi connectivity index (χ1) is 11.6. The van der Waals surface area contributed by atoms with Gasteiger partial charge in [-0.15, -0.1) is 0 Å². The topological polar surface area (TPSA) is 59.0 Å². The number of nitrogens with zero attached hydrogens (tertiary/aromatic N) is 1. The molecule has 1 N–H and O–H groups in total. The van der Waals surface area contributed by atoms with E-state index in [0.717, 1.165) is 16.8 Å². The molecule has 24 heavy (non-hydrogen) atoms. The minimum absolute atomic E-state index is 0.113. The molecule has 0 bridgehead atoms. The predicted octanol–water partition coefficient (Wildman–Crippen LogP) is 3.10. The molecule has 0 saturated carbocycles. The molecule has 0 aliphatic carbocycles. The first-order valence-corrected chi connectivity index (χ1v) is 7.88. The first-order valence-electron chi connectivity index (χ1n) is 7.88. The van der Waals surface area contributed by atoms with E-state index in [0.29, 0.717) is 30.0 Å². The molecule has 2 aromatic rings. The van der Waals surface area contributed by atoms with Gasteiger partial charge in [-0.3, -0.25) is 4.79 Å².